The van der Waals surface area contributed by atoms with Gasteiger partial charge in [0.05, 0.1) is 11.3 Å². The third-order valence-electron chi connectivity index (χ3n) is 2.72. The maximum absolute atomic E-state index is 13.5. The van der Waals surface area contributed by atoms with Gasteiger partial charge in [0.25, 0.3) is 0 Å². The van der Waals surface area contributed by atoms with Gasteiger partial charge in [0.15, 0.2) is 0 Å². The van der Waals surface area contributed by atoms with Crippen LogP contribution in [0.4, 0.5) is 23.2 Å². The Morgan fingerprint density at radius 3 is 2.45 bits per heavy atom. The Morgan fingerprint density at radius 2 is 1.75 bits per heavy atom. The van der Waals surface area contributed by atoms with Crippen molar-refractivity contribution in [1.29, 1.82) is 0 Å². The number of halogens is 5. The molecule has 0 heterocycles. The molecule has 106 valence electrons. The van der Waals surface area contributed by atoms with E-state index in [-0.39, 0.29) is 17.8 Å². The first-order valence-corrected chi connectivity index (χ1v) is 6.10. The molecule has 0 radical (unpaired) electrons. The molecule has 0 amide bonds. The summed E-state index contributed by atoms with van der Waals surface area (Å²) in [5.74, 6) is -0.570. The van der Waals surface area contributed by atoms with Crippen LogP contribution in [0.5, 0.6) is 0 Å². The van der Waals surface area contributed by atoms with Crippen molar-refractivity contribution in [3.8, 4) is 0 Å². The normalized spacial score (nSPS) is 11.4. The number of rotatable bonds is 3. The highest BCUT2D eigenvalue weighted by molar-refractivity contribution is 6.30. The highest BCUT2D eigenvalue weighted by Gasteiger charge is 2.32. The number of alkyl halides is 3. The molecular formula is C14H10ClF4N. The van der Waals surface area contributed by atoms with Crippen LogP contribution in [-0.4, -0.2) is 0 Å². The molecule has 1 N–H and O–H groups in total. The fraction of sp³-hybridized carbons (Fsp3) is 0.143. The van der Waals surface area contributed by atoms with Crippen LogP contribution in [0.2, 0.25) is 5.02 Å². The molecule has 0 aliphatic rings. The SMILES string of the molecule is Fc1ccc(Cl)cc1NCc1ccccc1C(F)(F)F. The number of anilines is 1. The summed E-state index contributed by atoms with van der Waals surface area (Å²) in [5, 5.41) is 2.93. The lowest BCUT2D eigenvalue weighted by Gasteiger charge is -2.14. The summed E-state index contributed by atoms with van der Waals surface area (Å²) in [7, 11) is 0. The third-order valence-corrected chi connectivity index (χ3v) is 2.96. The van der Waals surface area contributed by atoms with E-state index in [9.17, 15) is 17.6 Å². The van der Waals surface area contributed by atoms with E-state index < -0.39 is 17.6 Å². The molecule has 0 unspecified atom stereocenters. The van der Waals surface area contributed by atoms with Crippen LogP contribution >= 0.6 is 11.6 Å². The van der Waals surface area contributed by atoms with E-state index >= 15 is 0 Å². The minimum atomic E-state index is -4.44. The fourth-order valence-corrected chi connectivity index (χ4v) is 1.95. The Balaban J connectivity index is 2.21. The topological polar surface area (TPSA) is 12.0 Å². The molecule has 2 aromatic rings. The van der Waals surface area contributed by atoms with Gasteiger partial charge in [-0.15, -0.1) is 0 Å². The van der Waals surface area contributed by atoms with Gasteiger partial charge in [0.1, 0.15) is 5.82 Å². The van der Waals surface area contributed by atoms with Crippen LogP contribution in [0.25, 0.3) is 0 Å². The standard InChI is InChI=1S/C14H10ClF4N/c15-10-5-6-12(16)13(7-10)20-8-9-3-1-2-4-11(9)14(17,18)19/h1-7,20H,8H2. The first kappa shape index (κ1) is 14.7. The summed E-state index contributed by atoms with van der Waals surface area (Å²) in [4.78, 5) is 0. The molecule has 0 saturated carbocycles. The summed E-state index contributed by atoms with van der Waals surface area (Å²) in [6.07, 6.45) is -4.44. The molecule has 1 nitrogen and oxygen atoms in total. The second-order valence-electron chi connectivity index (χ2n) is 4.13. The number of nitrogens with one attached hydrogen (secondary N) is 1. The van der Waals surface area contributed by atoms with E-state index in [0.29, 0.717) is 5.02 Å². The number of hydrogen-bond donors (Lipinski definition) is 1. The van der Waals surface area contributed by atoms with Gasteiger partial charge in [-0.25, -0.2) is 4.39 Å². The van der Waals surface area contributed by atoms with E-state index in [0.717, 1.165) is 12.1 Å². The molecule has 20 heavy (non-hydrogen) atoms. The smallest absolute Gasteiger partial charge is 0.379 e. The van der Waals surface area contributed by atoms with Gasteiger partial charge < -0.3 is 5.32 Å². The zero-order chi connectivity index (χ0) is 14.8. The van der Waals surface area contributed by atoms with Gasteiger partial charge in [0, 0.05) is 11.6 Å². The average molecular weight is 304 g/mol. The minimum absolute atomic E-state index is 0.0411. The van der Waals surface area contributed by atoms with Crippen molar-refractivity contribution in [3.63, 3.8) is 0 Å². The molecule has 0 atom stereocenters. The van der Waals surface area contributed by atoms with Gasteiger partial charge >= 0.3 is 6.18 Å². The Hall–Kier alpha value is -1.75. The van der Waals surface area contributed by atoms with Crippen LogP contribution in [0.1, 0.15) is 11.1 Å². The van der Waals surface area contributed by atoms with Crippen molar-refractivity contribution in [2.45, 2.75) is 12.7 Å². The van der Waals surface area contributed by atoms with E-state index in [1.54, 1.807) is 0 Å². The van der Waals surface area contributed by atoms with Crippen LogP contribution in [0, 0.1) is 5.82 Å². The summed E-state index contributed by atoms with van der Waals surface area (Å²) >= 11 is 5.72. The van der Waals surface area contributed by atoms with Crippen molar-refractivity contribution in [1.82, 2.24) is 0 Å². The Labute approximate surface area is 118 Å². The zero-order valence-corrected chi connectivity index (χ0v) is 10.9. The Bertz CT molecular complexity index is 610. The lowest BCUT2D eigenvalue weighted by molar-refractivity contribution is -0.138. The van der Waals surface area contributed by atoms with Gasteiger partial charge in [-0.3, -0.25) is 0 Å². The molecule has 0 aliphatic carbocycles. The number of hydrogen-bond acceptors (Lipinski definition) is 1. The summed E-state index contributed by atoms with van der Waals surface area (Å²) in [6.45, 7) is -0.146. The van der Waals surface area contributed by atoms with Gasteiger partial charge in [0.2, 0.25) is 0 Å². The van der Waals surface area contributed by atoms with Gasteiger partial charge in [-0.1, -0.05) is 29.8 Å². The van der Waals surface area contributed by atoms with Crippen LogP contribution in [0.3, 0.4) is 0 Å². The maximum atomic E-state index is 13.5. The van der Waals surface area contributed by atoms with Gasteiger partial charge in [-0.05, 0) is 29.8 Å². The highest BCUT2D eigenvalue weighted by atomic mass is 35.5. The molecular weight excluding hydrogens is 294 g/mol. The first-order valence-electron chi connectivity index (χ1n) is 5.72. The lowest BCUT2D eigenvalue weighted by atomic mass is 10.1. The van der Waals surface area contributed by atoms with E-state index in [4.69, 9.17) is 11.6 Å². The van der Waals surface area contributed by atoms with Crippen molar-refractivity contribution < 1.29 is 17.6 Å². The molecule has 2 rings (SSSR count). The predicted molar refractivity (Wildman–Crippen MR) is 70.2 cm³/mol. The summed E-state index contributed by atoms with van der Waals surface area (Å²) in [5.41, 5.74) is -0.635. The van der Waals surface area contributed by atoms with Crippen molar-refractivity contribution in [3.05, 3.63) is 64.4 Å². The van der Waals surface area contributed by atoms with Crippen LogP contribution < -0.4 is 5.32 Å². The second kappa shape index (κ2) is 5.71. The second-order valence-corrected chi connectivity index (χ2v) is 4.57. The molecule has 2 aromatic carbocycles. The van der Waals surface area contributed by atoms with E-state index in [2.05, 4.69) is 5.32 Å². The molecule has 0 aromatic heterocycles. The van der Waals surface area contributed by atoms with Crippen molar-refractivity contribution in [2.75, 3.05) is 5.32 Å². The molecule has 0 saturated heterocycles. The largest absolute Gasteiger partial charge is 0.416 e. The summed E-state index contributed by atoms with van der Waals surface area (Å²) in [6, 6.07) is 9.00. The first-order chi connectivity index (χ1) is 9.38. The molecule has 0 bridgehead atoms. The van der Waals surface area contributed by atoms with E-state index in [1.807, 2.05) is 0 Å². The highest BCUT2D eigenvalue weighted by Crippen LogP contribution is 2.32. The molecule has 0 fully saturated rings. The minimum Gasteiger partial charge on any atom is -0.379 e. The third kappa shape index (κ3) is 3.42. The molecule has 0 spiro atoms. The number of benzene rings is 2. The Kier molecular flexibility index (Phi) is 4.18. The van der Waals surface area contributed by atoms with Crippen LogP contribution in [-0.2, 0) is 12.7 Å². The van der Waals surface area contributed by atoms with Crippen molar-refractivity contribution >= 4 is 17.3 Å². The molecule has 0 aliphatic heterocycles. The monoisotopic (exact) mass is 303 g/mol. The van der Waals surface area contributed by atoms with Crippen LogP contribution in [0.15, 0.2) is 42.5 Å². The van der Waals surface area contributed by atoms with Gasteiger partial charge in [-0.2, -0.15) is 13.2 Å². The average Bonchev–Trinajstić information content (AvgIpc) is 2.39. The fourth-order valence-electron chi connectivity index (χ4n) is 1.77. The molecule has 6 heteroatoms. The zero-order valence-electron chi connectivity index (χ0n) is 10.1. The quantitative estimate of drug-likeness (QED) is 0.777. The maximum Gasteiger partial charge on any atom is 0.416 e. The lowest BCUT2D eigenvalue weighted by Crippen LogP contribution is -2.12. The summed E-state index contributed by atoms with van der Waals surface area (Å²) < 4.78 is 51.8. The Morgan fingerprint density at radius 1 is 1.05 bits per heavy atom. The van der Waals surface area contributed by atoms with E-state index in [1.165, 1.54) is 30.3 Å². The van der Waals surface area contributed by atoms with Crippen molar-refractivity contribution in [2.24, 2.45) is 0 Å². The predicted octanol–water partition coefficient (Wildman–Crippen LogP) is 5.11.